The van der Waals surface area contributed by atoms with Crippen LogP contribution < -0.4 is 19.5 Å². The first-order valence-corrected chi connectivity index (χ1v) is 14.9. The molecule has 0 spiro atoms. The van der Waals surface area contributed by atoms with Gasteiger partial charge in [-0.05, 0) is 67.4 Å². The van der Waals surface area contributed by atoms with Crippen LogP contribution >= 0.6 is 0 Å². The molecular formula is C26H29N3O7S2. The van der Waals surface area contributed by atoms with Crippen molar-refractivity contribution in [2.24, 2.45) is 0 Å². The number of benzene rings is 3. The summed E-state index contributed by atoms with van der Waals surface area (Å²) in [7, 11) is -8.02. The Balaban J connectivity index is 1.61. The molecule has 0 bridgehead atoms. The van der Waals surface area contributed by atoms with Gasteiger partial charge in [-0.25, -0.2) is 21.6 Å². The van der Waals surface area contributed by atoms with Crippen LogP contribution in [0.3, 0.4) is 0 Å². The molecule has 38 heavy (non-hydrogen) atoms. The second-order valence-electron chi connectivity index (χ2n) is 8.78. The third-order valence-electron chi connectivity index (χ3n) is 5.91. The van der Waals surface area contributed by atoms with Crippen LogP contribution in [0, 0.1) is 0 Å². The van der Waals surface area contributed by atoms with Crippen molar-refractivity contribution >= 4 is 31.6 Å². The highest BCUT2D eigenvalue weighted by Gasteiger charge is 2.28. The Morgan fingerprint density at radius 1 is 0.921 bits per heavy atom. The molecule has 3 aromatic carbocycles. The predicted octanol–water partition coefficient (Wildman–Crippen LogP) is 3.32. The summed E-state index contributed by atoms with van der Waals surface area (Å²) in [6, 6.07) is 18.4. The van der Waals surface area contributed by atoms with Crippen molar-refractivity contribution in [1.82, 2.24) is 9.03 Å². The topological polar surface area (TPSA) is 131 Å². The van der Waals surface area contributed by atoms with E-state index in [1.165, 1.54) is 24.3 Å². The monoisotopic (exact) mass is 559 g/mol. The van der Waals surface area contributed by atoms with Gasteiger partial charge in [-0.3, -0.25) is 4.79 Å². The van der Waals surface area contributed by atoms with E-state index in [1.54, 1.807) is 55.5 Å². The van der Waals surface area contributed by atoms with Crippen LogP contribution in [-0.2, 0) is 31.4 Å². The molecule has 0 unspecified atom stereocenters. The van der Waals surface area contributed by atoms with E-state index in [2.05, 4.69) is 10.0 Å². The second kappa shape index (κ2) is 11.5. The Morgan fingerprint density at radius 3 is 2.26 bits per heavy atom. The van der Waals surface area contributed by atoms with E-state index < -0.39 is 32.5 Å². The van der Waals surface area contributed by atoms with Gasteiger partial charge in [0.15, 0.2) is 11.5 Å². The Hall–Kier alpha value is -3.45. The molecule has 1 amide bonds. The third-order valence-corrected chi connectivity index (χ3v) is 9.33. The number of para-hydroxylation sites is 1. The highest BCUT2D eigenvalue weighted by Crippen LogP contribution is 2.33. The molecule has 0 radical (unpaired) electrons. The fraction of sp³-hybridized carbons (Fsp3) is 0.269. The first-order valence-electron chi connectivity index (χ1n) is 11.9. The zero-order chi connectivity index (χ0) is 27.3. The quantitative estimate of drug-likeness (QED) is 0.368. The largest absolute Gasteiger partial charge is 0.454 e. The van der Waals surface area contributed by atoms with Crippen LogP contribution in [0.25, 0.3) is 0 Å². The number of ether oxygens (including phenoxy) is 2. The second-order valence-corrected chi connectivity index (χ2v) is 12.4. The van der Waals surface area contributed by atoms with Crippen LogP contribution in [0.2, 0.25) is 0 Å². The molecule has 3 aromatic rings. The lowest BCUT2D eigenvalue weighted by Gasteiger charge is -2.22. The smallest absolute Gasteiger partial charge is 0.243 e. The Bertz CT molecular complexity index is 1490. The van der Waals surface area contributed by atoms with Gasteiger partial charge in [0.1, 0.15) is 0 Å². The summed E-state index contributed by atoms with van der Waals surface area (Å²) in [4.78, 5) is 12.6. The van der Waals surface area contributed by atoms with Gasteiger partial charge in [0.2, 0.25) is 32.7 Å². The van der Waals surface area contributed by atoms with Crippen molar-refractivity contribution in [2.45, 2.75) is 42.6 Å². The SMILES string of the molecule is CC[C@@H](C)NS(=O)(=O)c1ccc(S(=O)(=O)N(CC(=O)Nc2ccccc2)Cc2ccc3c(c2)OCO3)cc1. The number of nitrogens with one attached hydrogen (secondary N) is 2. The highest BCUT2D eigenvalue weighted by atomic mass is 32.2. The number of carbonyl (C=O) groups excluding carboxylic acids is 1. The third kappa shape index (κ3) is 6.51. The molecule has 1 aliphatic heterocycles. The lowest BCUT2D eigenvalue weighted by atomic mass is 10.2. The van der Waals surface area contributed by atoms with Gasteiger partial charge in [0.05, 0.1) is 16.3 Å². The van der Waals surface area contributed by atoms with Crippen molar-refractivity contribution < 1.29 is 31.1 Å². The first kappa shape index (κ1) is 27.6. The van der Waals surface area contributed by atoms with Crippen molar-refractivity contribution in [3.8, 4) is 11.5 Å². The maximum Gasteiger partial charge on any atom is 0.243 e. The van der Waals surface area contributed by atoms with Gasteiger partial charge < -0.3 is 14.8 Å². The summed E-state index contributed by atoms with van der Waals surface area (Å²) in [6.07, 6.45) is 0.603. The van der Waals surface area contributed by atoms with Crippen molar-refractivity contribution in [3.05, 3.63) is 78.4 Å². The molecule has 10 nitrogen and oxygen atoms in total. The molecule has 1 aliphatic rings. The number of hydrogen-bond acceptors (Lipinski definition) is 7. The van der Waals surface area contributed by atoms with E-state index in [1.807, 2.05) is 6.92 Å². The fourth-order valence-corrected chi connectivity index (χ4v) is 6.42. The molecule has 1 atom stereocenters. The van der Waals surface area contributed by atoms with E-state index in [-0.39, 0.29) is 29.2 Å². The summed E-state index contributed by atoms with van der Waals surface area (Å²) < 4.78 is 66.8. The van der Waals surface area contributed by atoms with Crippen molar-refractivity contribution in [1.29, 1.82) is 0 Å². The highest BCUT2D eigenvalue weighted by molar-refractivity contribution is 7.89. The Labute approximate surface area is 222 Å². The molecule has 1 heterocycles. The maximum atomic E-state index is 13.7. The fourth-order valence-electron chi connectivity index (χ4n) is 3.71. The number of amides is 1. The van der Waals surface area contributed by atoms with E-state index in [0.717, 1.165) is 4.31 Å². The van der Waals surface area contributed by atoms with Crippen molar-refractivity contribution in [3.63, 3.8) is 0 Å². The Morgan fingerprint density at radius 2 is 1.58 bits per heavy atom. The zero-order valence-corrected chi connectivity index (χ0v) is 22.6. The van der Waals surface area contributed by atoms with Crippen LogP contribution in [0.15, 0.2) is 82.6 Å². The van der Waals surface area contributed by atoms with Gasteiger partial charge in [0, 0.05) is 18.3 Å². The van der Waals surface area contributed by atoms with Gasteiger partial charge >= 0.3 is 0 Å². The predicted molar refractivity (Wildman–Crippen MR) is 142 cm³/mol. The average Bonchev–Trinajstić information content (AvgIpc) is 3.36. The molecule has 4 rings (SSSR count). The number of nitrogens with zero attached hydrogens (tertiary/aromatic N) is 1. The van der Waals surface area contributed by atoms with E-state index in [9.17, 15) is 21.6 Å². The lowest BCUT2D eigenvalue weighted by Crippen LogP contribution is -2.37. The molecule has 12 heteroatoms. The van der Waals surface area contributed by atoms with E-state index >= 15 is 0 Å². The maximum absolute atomic E-state index is 13.7. The zero-order valence-electron chi connectivity index (χ0n) is 21.0. The standard InChI is InChI=1S/C26H29N3O7S2/c1-3-19(2)28-37(31,32)22-10-12-23(13-11-22)38(33,34)29(17-26(30)27-21-7-5-4-6-8-21)16-20-9-14-24-25(15-20)36-18-35-24/h4-15,19,28H,3,16-18H2,1-2H3,(H,27,30)/t19-/m1/s1. The minimum atomic E-state index is -4.21. The number of anilines is 1. The summed E-state index contributed by atoms with van der Waals surface area (Å²) in [6.45, 7) is 3.07. The van der Waals surface area contributed by atoms with Gasteiger partial charge in [-0.1, -0.05) is 31.2 Å². The van der Waals surface area contributed by atoms with Crippen LogP contribution in [0.5, 0.6) is 11.5 Å². The van der Waals surface area contributed by atoms with Gasteiger partial charge in [-0.2, -0.15) is 4.31 Å². The minimum absolute atomic E-state index is 0.0547. The number of fused-ring (bicyclic) bond motifs is 1. The summed E-state index contributed by atoms with van der Waals surface area (Å²) in [5.74, 6) is 0.502. The normalized spacial score (nSPS) is 13.9. The first-order chi connectivity index (χ1) is 18.1. The number of hydrogen-bond donors (Lipinski definition) is 2. The number of rotatable bonds is 11. The van der Waals surface area contributed by atoms with Crippen LogP contribution in [0.4, 0.5) is 5.69 Å². The number of sulfonamides is 2. The molecule has 0 aromatic heterocycles. The average molecular weight is 560 g/mol. The minimum Gasteiger partial charge on any atom is -0.454 e. The van der Waals surface area contributed by atoms with Crippen molar-refractivity contribution in [2.75, 3.05) is 18.7 Å². The Kier molecular flexibility index (Phi) is 8.36. The number of carbonyl (C=O) groups is 1. The molecule has 2 N–H and O–H groups in total. The lowest BCUT2D eigenvalue weighted by molar-refractivity contribution is -0.116. The van der Waals surface area contributed by atoms with E-state index in [0.29, 0.717) is 29.2 Å². The molecule has 202 valence electrons. The molecule has 0 saturated carbocycles. The van der Waals surface area contributed by atoms with Crippen LogP contribution in [-0.4, -0.2) is 46.4 Å². The molecule has 0 aliphatic carbocycles. The summed E-state index contributed by atoms with van der Waals surface area (Å²) >= 11 is 0. The van der Waals surface area contributed by atoms with E-state index in [4.69, 9.17) is 9.47 Å². The van der Waals surface area contributed by atoms with Crippen LogP contribution in [0.1, 0.15) is 25.8 Å². The molecule has 0 fully saturated rings. The van der Waals surface area contributed by atoms with Gasteiger partial charge in [-0.15, -0.1) is 0 Å². The summed E-state index contributed by atoms with van der Waals surface area (Å²) in [5.41, 5.74) is 1.11. The summed E-state index contributed by atoms with van der Waals surface area (Å²) in [5, 5.41) is 2.70. The molecule has 0 saturated heterocycles. The van der Waals surface area contributed by atoms with Gasteiger partial charge in [0.25, 0.3) is 0 Å². The molecular weight excluding hydrogens is 530 g/mol.